The minimum atomic E-state index is -6.51. The molecule has 0 bridgehead atoms. The quantitative estimate of drug-likeness (QED) is 0.185. The van der Waals surface area contributed by atoms with Crippen LogP contribution in [0.3, 0.4) is 0 Å². The lowest BCUT2D eigenvalue weighted by atomic mass is 9.68. The number of ether oxygens (including phenoxy) is 3. The monoisotopic (exact) mass is 574 g/mol. The van der Waals surface area contributed by atoms with Gasteiger partial charge in [-0.2, -0.15) is 52.7 Å². The molecule has 5 atom stereocenters. The Morgan fingerprint density at radius 1 is 0.865 bits per heavy atom. The van der Waals surface area contributed by atoms with E-state index in [0.29, 0.717) is 0 Å². The van der Waals surface area contributed by atoms with Crippen LogP contribution >= 0.6 is 0 Å². The molecular weight excluding hydrogens is 552 g/mol. The summed E-state index contributed by atoms with van der Waals surface area (Å²) in [6.07, 6.45) is -32.9. The topological polar surface area (TPSA) is 85.2 Å². The summed E-state index contributed by atoms with van der Waals surface area (Å²) in [5, 5.41) is 20.0. The fraction of sp³-hybridized carbons (Fsp3) is 0.842. The van der Waals surface area contributed by atoms with Gasteiger partial charge in [0, 0.05) is 18.4 Å². The molecule has 1 aliphatic rings. The SMILES string of the molecule is C=C(C(=O)OC(O)(C1CC(OC(C)OCC)CC(C(O)(C(F)(F)F)C(F)(F)F)C1)C(F)(F)F)C(F)(F)F. The second-order valence-corrected chi connectivity index (χ2v) is 8.20. The van der Waals surface area contributed by atoms with E-state index < -0.39 is 91.1 Å². The molecule has 1 aliphatic carbocycles. The van der Waals surface area contributed by atoms with E-state index in [-0.39, 0.29) is 6.61 Å². The van der Waals surface area contributed by atoms with Crippen molar-refractivity contribution in [2.75, 3.05) is 6.61 Å². The third-order valence-corrected chi connectivity index (χ3v) is 5.70. The summed E-state index contributed by atoms with van der Waals surface area (Å²) in [5.74, 6) is -14.1. The summed E-state index contributed by atoms with van der Waals surface area (Å²) >= 11 is 0. The normalized spacial score (nSPS) is 24.8. The predicted octanol–water partition coefficient (Wildman–Crippen LogP) is 4.94. The molecule has 6 nitrogen and oxygen atoms in total. The van der Waals surface area contributed by atoms with Gasteiger partial charge < -0.3 is 24.4 Å². The minimum Gasteiger partial charge on any atom is -0.419 e. The van der Waals surface area contributed by atoms with E-state index in [1.54, 1.807) is 0 Å². The van der Waals surface area contributed by atoms with Gasteiger partial charge in [0.25, 0.3) is 5.60 Å². The Kier molecular flexibility index (Phi) is 9.67. The third-order valence-electron chi connectivity index (χ3n) is 5.70. The van der Waals surface area contributed by atoms with Crippen molar-refractivity contribution < 1.29 is 81.9 Å². The molecule has 37 heavy (non-hydrogen) atoms. The molecule has 0 aromatic carbocycles. The molecule has 1 rings (SSSR count). The molecular formula is C19H22F12O6. The molecule has 1 saturated carbocycles. The predicted molar refractivity (Wildman–Crippen MR) is 96.1 cm³/mol. The summed E-state index contributed by atoms with van der Waals surface area (Å²) in [7, 11) is 0. The van der Waals surface area contributed by atoms with Crippen LogP contribution in [0.2, 0.25) is 0 Å². The number of rotatable bonds is 8. The van der Waals surface area contributed by atoms with Crippen LogP contribution in [0.5, 0.6) is 0 Å². The Labute approximate surface area is 201 Å². The summed E-state index contributed by atoms with van der Waals surface area (Å²) in [4.78, 5) is 11.7. The highest BCUT2D eigenvalue weighted by Gasteiger charge is 2.75. The zero-order valence-corrected chi connectivity index (χ0v) is 18.9. The molecule has 1 fully saturated rings. The second-order valence-electron chi connectivity index (χ2n) is 8.20. The highest BCUT2D eigenvalue weighted by Crippen LogP contribution is 2.55. The van der Waals surface area contributed by atoms with E-state index in [1.807, 2.05) is 0 Å². The standard InChI is InChI=1S/C19H22F12O6/c1-4-35-9(3)36-12-6-10(14(33,17(23,24)25)18(26,27)28)5-11(7-12)15(34,19(29,30)31)37-13(32)8(2)16(20,21)22/h9-12,33-34H,2,4-7H2,1,3H3. The van der Waals surface area contributed by atoms with Crippen molar-refractivity contribution in [2.45, 2.75) is 81.6 Å². The number of aliphatic hydroxyl groups is 2. The van der Waals surface area contributed by atoms with E-state index >= 15 is 0 Å². The van der Waals surface area contributed by atoms with Crippen LogP contribution in [-0.2, 0) is 19.0 Å². The number of carbonyl (C=O) groups excluding carboxylic acids is 1. The van der Waals surface area contributed by atoms with Crippen molar-refractivity contribution in [3.63, 3.8) is 0 Å². The fourth-order valence-corrected chi connectivity index (χ4v) is 3.90. The molecule has 0 amide bonds. The van der Waals surface area contributed by atoms with Gasteiger partial charge in [-0.1, -0.05) is 6.58 Å². The molecule has 218 valence electrons. The average Bonchev–Trinajstić information content (AvgIpc) is 2.69. The van der Waals surface area contributed by atoms with Crippen molar-refractivity contribution >= 4 is 5.97 Å². The molecule has 0 heterocycles. The van der Waals surface area contributed by atoms with Gasteiger partial charge in [0.05, 0.1) is 6.10 Å². The maximum absolute atomic E-state index is 13.8. The van der Waals surface area contributed by atoms with Crippen LogP contribution < -0.4 is 0 Å². The number of hydrogen-bond donors (Lipinski definition) is 2. The van der Waals surface area contributed by atoms with Gasteiger partial charge in [0.1, 0.15) is 5.57 Å². The smallest absolute Gasteiger partial charge is 0.419 e. The minimum absolute atomic E-state index is 0.126. The molecule has 0 aromatic rings. The Morgan fingerprint density at radius 3 is 1.70 bits per heavy atom. The fourth-order valence-electron chi connectivity index (χ4n) is 3.90. The molecule has 5 unspecified atom stereocenters. The largest absolute Gasteiger partial charge is 0.455 e. The van der Waals surface area contributed by atoms with Crippen molar-refractivity contribution in [1.29, 1.82) is 0 Å². The first-order chi connectivity index (χ1) is 16.3. The molecule has 0 aliphatic heterocycles. The van der Waals surface area contributed by atoms with Crippen LogP contribution in [0.15, 0.2) is 12.2 Å². The van der Waals surface area contributed by atoms with Crippen molar-refractivity contribution in [2.24, 2.45) is 11.8 Å². The van der Waals surface area contributed by atoms with Gasteiger partial charge in [-0.3, -0.25) is 0 Å². The molecule has 0 saturated heterocycles. The lowest BCUT2D eigenvalue weighted by Crippen LogP contribution is -2.65. The Morgan fingerprint density at radius 2 is 1.32 bits per heavy atom. The number of carbonyl (C=O) groups is 1. The van der Waals surface area contributed by atoms with Gasteiger partial charge in [-0.05, 0) is 33.1 Å². The van der Waals surface area contributed by atoms with Crippen molar-refractivity contribution in [1.82, 2.24) is 0 Å². The van der Waals surface area contributed by atoms with Crippen molar-refractivity contribution in [3.8, 4) is 0 Å². The van der Waals surface area contributed by atoms with Gasteiger partial charge in [0.15, 0.2) is 6.29 Å². The third kappa shape index (κ3) is 7.00. The zero-order valence-electron chi connectivity index (χ0n) is 18.9. The van der Waals surface area contributed by atoms with E-state index in [9.17, 15) is 67.7 Å². The van der Waals surface area contributed by atoms with Crippen LogP contribution in [0.1, 0.15) is 33.1 Å². The maximum atomic E-state index is 13.8. The Hall–Kier alpha value is -1.79. The molecule has 18 heteroatoms. The van der Waals surface area contributed by atoms with Gasteiger partial charge in [-0.15, -0.1) is 0 Å². The summed E-state index contributed by atoms with van der Waals surface area (Å²) in [6, 6.07) is 0. The van der Waals surface area contributed by atoms with Gasteiger partial charge in [-0.25, -0.2) is 4.79 Å². The number of esters is 1. The number of hydrogen-bond acceptors (Lipinski definition) is 6. The summed E-state index contributed by atoms with van der Waals surface area (Å²) in [6.45, 7) is 4.51. The summed E-state index contributed by atoms with van der Waals surface area (Å²) < 4.78 is 174. The number of halogens is 12. The van der Waals surface area contributed by atoms with Crippen LogP contribution in [-0.4, -0.2) is 71.3 Å². The molecule has 2 N–H and O–H groups in total. The molecule has 0 spiro atoms. The lowest BCUT2D eigenvalue weighted by Gasteiger charge is -2.48. The zero-order chi connectivity index (χ0) is 29.4. The highest BCUT2D eigenvalue weighted by molar-refractivity contribution is 5.89. The van der Waals surface area contributed by atoms with Gasteiger partial charge >= 0.3 is 36.5 Å². The average molecular weight is 574 g/mol. The Balaban J connectivity index is 3.64. The first kappa shape index (κ1) is 33.2. The first-order valence-corrected chi connectivity index (χ1v) is 10.2. The van der Waals surface area contributed by atoms with E-state index in [0.717, 1.165) is 6.92 Å². The summed E-state index contributed by atoms with van der Waals surface area (Å²) in [5.41, 5.74) is -8.19. The van der Waals surface area contributed by atoms with Gasteiger partial charge in [0.2, 0.25) is 0 Å². The van der Waals surface area contributed by atoms with Crippen LogP contribution in [0.4, 0.5) is 52.7 Å². The van der Waals surface area contributed by atoms with Crippen molar-refractivity contribution in [3.05, 3.63) is 12.2 Å². The van der Waals surface area contributed by atoms with E-state index in [2.05, 4.69) is 11.3 Å². The molecule has 0 aromatic heterocycles. The lowest BCUT2D eigenvalue weighted by molar-refractivity contribution is -0.403. The molecule has 0 radical (unpaired) electrons. The van der Waals surface area contributed by atoms with E-state index in [4.69, 9.17) is 9.47 Å². The Bertz CT molecular complexity index is 804. The van der Waals surface area contributed by atoms with Crippen LogP contribution in [0, 0.1) is 11.8 Å². The highest BCUT2D eigenvalue weighted by atomic mass is 19.4. The number of alkyl halides is 12. The second kappa shape index (κ2) is 10.8. The first-order valence-electron chi connectivity index (χ1n) is 10.2. The maximum Gasteiger partial charge on any atom is 0.455 e. The van der Waals surface area contributed by atoms with Crippen LogP contribution in [0.25, 0.3) is 0 Å². The van der Waals surface area contributed by atoms with E-state index in [1.165, 1.54) is 6.92 Å².